The first kappa shape index (κ1) is 25.2. The number of rotatable bonds is 7. The van der Waals surface area contributed by atoms with Gasteiger partial charge in [-0.2, -0.15) is 0 Å². The molecule has 2 rings (SSSR count). The van der Waals surface area contributed by atoms with E-state index in [2.05, 4.69) is 21.2 Å². The number of amides is 2. The van der Waals surface area contributed by atoms with Crippen molar-refractivity contribution in [1.29, 1.82) is 0 Å². The maximum absolute atomic E-state index is 13.1. The van der Waals surface area contributed by atoms with Gasteiger partial charge in [-0.25, -0.2) is 0 Å². The summed E-state index contributed by atoms with van der Waals surface area (Å²) in [5, 5.41) is 3.63. The van der Waals surface area contributed by atoms with E-state index in [-0.39, 0.29) is 18.4 Å². The molecule has 0 fully saturated rings. The first-order valence-electron chi connectivity index (χ1n) is 10.1. The topological polar surface area (TPSA) is 58.6 Å². The smallest absolute Gasteiger partial charge is 0.261 e. The second-order valence-corrected chi connectivity index (χ2v) is 10.0. The molecule has 0 saturated heterocycles. The quantitative estimate of drug-likeness (QED) is 0.541. The molecule has 0 heterocycles. The maximum atomic E-state index is 13.1. The lowest BCUT2D eigenvalue weighted by Crippen LogP contribution is -2.53. The first-order valence-corrected chi connectivity index (χ1v) is 11.3. The monoisotopic (exact) mass is 508 g/mol. The number of hydrogen-bond acceptors (Lipinski definition) is 3. The van der Waals surface area contributed by atoms with Crippen molar-refractivity contribution in [2.24, 2.45) is 0 Å². The highest BCUT2D eigenvalue weighted by Gasteiger charge is 2.28. The van der Waals surface area contributed by atoms with Crippen LogP contribution in [0.15, 0.2) is 40.9 Å². The minimum atomic E-state index is -0.660. The van der Waals surface area contributed by atoms with Gasteiger partial charge < -0.3 is 15.0 Å². The molecule has 0 saturated carbocycles. The van der Waals surface area contributed by atoms with Gasteiger partial charge in [-0.15, -0.1) is 0 Å². The lowest BCUT2D eigenvalue weighted by molar-refractivity contribution is -0.142. The standard InChI is InChI=1S/C24H30BrClN2O3/c1-15-11-20(12-16(2)22(15)26)31-14-21(29)28(13-18-7-9-19(25)10-8-18)17(3)23(30)27-24(4,5)6/h7-12,17H,13-14H2,1-6H3,(H,27,30)/t17-/m0/s1. The number of halogens is 2. The molecule has 168 valence electrons. The molecule has 5 nitrogen and oxygen atoms in total. The van der Waals surface area contributed by atoms with Gasteiger partial charge in [0.1, 0.15) is 11.8 Å². The highest BCUT2D eigenvalue weighted by molar-refractivity contribution is 9.10. The van der Waals surface area contributed by atoms with Crippen molar-refractivity contribution >= 4 is 39.3 Å². The lowest BCUT2D eigenvalue weighted by atomic mass is 10.1. The van der Waals surface area contributed by atoms with Crippen LogP contribution < -0.4 is 10.1 Å². The third-order valence-electron chi connectivity index (χ3n) is 4.70. The van der Waals surface area contributed by atoms with Gasteiger partial charge in [0.2, 0.25) is 5.91 Å². The van der Waals surface area contributed by atoms with Crippen LogP contribution in [0.2, 0.25) is 5.02 Å². The Balaban J connectivity index is 2.20. The number of nitrogens with one attached hydrogen (secondary N) is 1. The van der Waals surface area contributed by atoms with Crippen molar-refractivity contribution in [2.75, 3.05) is 6.61 Å². The van der Waals surface area contributed by atoms with Crippen LogP contribution in [0.3, 0.4) is 0 Å². The Labute approximate surface area is 198 Å². The van der Waals surface area contributed by atoms with Crippen LogP contribution in [0.1, 0.15) is 44.4 Å². The normalized spacial score (nSPS) is 12.3. The zero-order valence-corrected chi connectivity index (χ0v) is 21.2. The number of nitrogens with zero attached hydrogens (tertiary/aromatic N) is 1. The van der Waals surface area contributed by atoms with Gasteiger partial charge in [0.05, 0.1) is 0 Å². The Kier molecular flexibility index (Phi) is 8.55. The highest BCUT2D eigenvalue weighted by Crippen LogP contribution is 2.26. The maximum Gasteiger partial charge on any atom is 0.261 e. The molecule has 0 aromatic heterocycles. The van der Waals surface area contributed by atoms with Crippen molar-refractivity contribution in [3.05, 3.63) is 62.6 Å². The van der Waals surface area contributed by atoms with Gasteiger partial charge in [0.15, 0.2) is 6.61 Å². The van der Waals surface area contributed by atoms with E-state index in [1.165, 1.54) is 0 Å². The molecule has 0 aliphatic rings. The van der Waals surface area contributed by atoms with Crippen LogP contribution in [-0.2, 0) is 16.1 Å². The summed E-state index contributed by atoms with van der Waals surface area (Å²) in [6, 6.07) is 10.6. The summed E-state index contributed by atoms with van der Waals surface area (Å²) in [5.41, 5.74) is 2.29. The molecule has 0 spiro atoms. The molecule has 7 heteroatoms. The molecule has 0 bridgehead atoms. The molecule has 2 aromatic carbocycles. The van der Waals surface area contributed by atoms with Crippen molar-refractivity contribution in [2.45, 2.75) is 59.7 Å². The van der Waals surface area contributed by atoms with E-state index < -0.39 is 11.6 Å². The van der Waals surface area contributed by atoms with Gasteiger partial charge in [-0.3, -0.25) is 9.59 Å². The van der Waals surface area contributed by atoms with E-state index in [0.29, 0.717) is 17.3 Å². The Bertz CT molecular complexity index is 916. The molecule has 2 aromatic rings. The molecular weight excluding hydrogens is 480 g/mol. The van der Waals surface area contributed by atoms with E-state index in [1.54, 1.807) is 24.0 Å². The summed E-state index contributed by atoms with van der Waals surface area (Å²) < 4.78 is 6.71. The fraction of sp³-hybridized carbons (Fsp3) is 0.417. The molecule has 2 amide bonds. The van der Waals surface area contributed by atoms with Crippen LogP contribution in [0.4, 0.5) is 0 Å². The average molecular weight is 510 g/mol. The van der Waals surface area contributed by atoms with E-state index >= 15 is 0 Å². The first-order chi connectivity index (χ1) is 14.4. The van der Waals surface area contributed by atoms with Crippen LogP contribution in [0, 0.1) is 13.8 Å². The summed E-state index contributed by atoms with van der Waals surface area (Å²) in [6.45, 7) is 11.4. The summed E-state index contributed by atoms with van der Waals surface area (Å²) in [4.78, 5) is 27.4. The summed E-state index contributed by atoms with van der Waals surface area (Å²) in [6.07, 6.45) is 0. The number of hydrogen-bond donors (Lipinski definition) is 1. The van der Waals surface area contributed by atoms with Gasteiger partial charge >= 0.3 is 0 Å². The number of carbonyl (C=O) groups excluding carboxylic acids is 2. The SMILES string of the molecule is Cc1cc(OCC(=O)N(Cc2ccc(Br)cc2)[C@@H](C)C(=O)NC(C)(C)C)cc(C)c1Cl. The van der Waals surface area contributed by atoms with Crippen LogP contribution >= 0.6 is 27.5 Å². The minimum Gasteiger partial charge on any atom is -0.484 e. The van der Waals surface area contributed by atoms with Crippen LogP contribution in [-0.4, -0.2) is 34.9 Å². The van der Waals surface area contributed by atoms with Crippen LogP contribution in [0.5, 0.6) is 5.75 Å². The molecule has 0 radical (unpaired) electrons. The second-order valence-electron chi connectivity index (χ2n) is 8.72. The van der Waals surface area contributed by atoms with Crippen molar-refractivity contribution in [3.63, 3.8) is 0 Å². The average Bonchev–Trinajstić information content (AvgIpc) is 2.67. The Morgan fingerprint density at radius 3 is 2.19 bits per heavy atom. The molecule has 1 N–H and O–H groups in total. The van der Waals surface area contributed by atoms with E-state index in [9.17, 15) is 9.59 Å². The molecule has 0 aliphatic heterocycles. The number of aryl methyl sites for hydroxylation is 2. The van der Waals surface area contributed by atoms with Crippen LogP contribution in [0.25, 0.3) is 0 Å². The van der Waals surface area contributed by atoms with Gasteiger partial charge in [-0.1, -0.05) is 39.7 Å². The molecular formula is C24H30BrClN2O3. The predicted octanol–water partition coefficient (Wildman–Crippen LogP) is 5.43. The van der Waals surface area contributed by atoms with Crippen molar-refractivity contribution < 1.29 is 14.3 Å². The Hall–Kier alpha value is -2.05. The van der Waals surface area contributed by atoms with Gasteiger partial charge in [0, 0.05) is 21.6 Å². The fourth-order valence-electron chi connectivity index (χ4n) is 3.06. The van der Waals surface area contributed by atoms with Crippen molar-refractivity contribution in [1.82, 2.24) is 10.2 Å². The summed E-state index contributed by atoms with van der Waals surface area (Å²) in [5.74, 6) is 0.0871. The summed E-state index contributed by atoms with van der Waals surface area (Å²) in [7, 11) is 0. The number of benzene rings is 2. The van der Waals surface area contributed by atoms with Gasteiger partial charge in [-0.05, 0) is 82.5 Å². The second kappa shape index (κ2) is 10.5. The minimum absolute atomic E-state index is 0.176. The molecule has 0 unspecified atom stereocenters. The van der Waals surface area contributed by atoms with Gasteiger partial charge in [0.25, 0.3) is 5.91 Å². The Morgan fingerprint density at radius 2 is 1.68 bits per heavy atom. The number of ether oxygens (including phenoxy) is 1. The van der Waals surface area contributed by atoms with E-state index in [0.717, 1.165) is 21.2 Å². The third kappa shape index (κ3) is 7.54. The highest BCUT2D eigenvalue weighted by atomic mass is 79.9. The zero-order chi connectivity index (χ0) is 23.3. The summed E-state index contributed by atoms with van der Waals surface area (Å²) >= 11 is 9.63. The lowest BCUT2D eigenvalue weighted by Gasteiger charge is -2.31. The molecule has 31 heavy (non-hydrogen) atoms. The predicted molar refractivity (Wildman–Crippen MR) is 128 cm³/mol. The van der Waals surface area contributed by atoms with Crippen molar-refractivity contribution in [3.8, 4) is 5.75 Å². The van der Waals surface area contributed by atoms with E-state index in [1.807, 2.05) is 58.9 Å². The Morgan fingerprint density at radius 1 is 1.13 bits per heavy atom. The largest absolute Gasteiger partial charge is 0.484 e. The number of carbonyl (C=O) groups is 2. The third-order valence-corrected chi connectivity index (χ3v) is 5.83. The zero-order valence-electron chi connectivity index (χ0n) is 18.9. The molecule has 0 aliphatic carbocycles. The molecule has 1 atom stereocenters. The fourth-order valence-corrected chi connectivity index (χ4v) is 3.43. The van der Waals surface area contributed by atoms with E-state index in [4.69, 9.17) is 16.3 Å².